The van der Waals surface area contributed by atoms with Gasteiger partial charge in [0.25, 0.3) is 5.91 Å². The highest BCUT2D eigenvalue weighted by molar-refractivity contribution is 9.11. The lowest BCUT2D eigenvalue weighted by Gasteiger charge is -2.37. The van der Waals surface area contributed by atoms with E-state index in [-0.39, 0.29) is 5.91 Å². The summed E-state index contributed by atoms with van der Waals surface area (Å²) in [5.41, 5.74) is 0.856. The Bertz CT molecular complexity index is 431. The van der Waals surface area contributed by atoms with Crippen molar-refractivity contribution >= 4 is 33.2 Å². The molecule has 0 spiro atoms. The number of rotatable bonds is 1. The van der Waals surface area contributed by atoms with E-state index in [0.717, 1.165) is 21.8 Å². The second-order valence-electron chi connectivity index (χ2n) is 5.04. The average molecular weight is 314 g/mol. The molecular formula is C13H16BrNOS. The predicted molar refractivity (Wildman–Crippen MR) is 73.4 cm³/mol. The number of carbonyl (C=O) groups excluding carboxylic acids is 1. The lowest BCUT2D eigenvalue weighted by molar-refractivity contribution is 0.0549. The zero-order valence-electron chi connectivity index (χ0n) is 9.69. The maximum absolute atomic E-state index is 12.5. The van der Waals surface area contributed by atoms with Gasteiger partial charge in [0, 0.05) is 18.0 Å². The van der Waals surface area contributed by atoms with E-state index in [9.17, 15) is 4.79 Å². The van der Waals surface area contributed by atoms with Crippen LogP contribution in [-0.4, -0.2) is 23.4 Å². The number of piperidine rings is 1. The molecule has 1 amide bonds. The van der Waals surface area contributed by atoms with Gasteiger partial charge in [0.05, 0.1) is 9.35 Å². The average Bonchev–Trinajstić information content (AvgIpc) is 2.95. The first kappa shape index (κ1) is 11.7. The van der Waals surface area contributed by atoms with Crippen molar-refractivity contribution in [2.45, 2.75) is 38.1 Å². The molecule has 1 aromatic rings. The van der Waals surface area contributed by atoms with E-state index in [2.05, 4.69) is 20.8 Å². The van der Waals surface area contributed by atoms with Crippen molar-refractivity contribution in [1.29, 1.82) is 0 Å². The fourth-order valence-corrected chi connectivity index (χ4v) is 4.42. The number of likely N-dealkylation sites (tertiary alicyclic amines) is 1. The summed E-state index contributed by atoms with van der Waals surface area (Å²) in [7, 11) is 0. The molecule has 0 N–H and O–H groups in total. The molecule has 1 aromatic heterocycles. The Hall–Kier alpha value is -0.350. The molecule has 1 aliphatic heterocycles. The number of amides is 1. The third-order valence-corrected chi connectivity index (χ3v) is 5.57. The van der Waals surface area contributed by atoms with Gasteiger partial charge in [0.2, 0.25) is 0 Å². The lowest BCUT2D eigenvalue weighted by Crippen LogP contribution is -2.46. The minimum atomic E-state index is 0.239. The fourth-order valence-electron chi connectivity index (χ4n) is 3.29. The minimum absolute atomic E-state index is 0.239. The first-order valence-corrected chi connectivity index (χ1v) is 7.98. The summed E-state index contributed by atoms with van der Waals surface area (Å²) in [5.74, 6) is 1.01. The summed E-state index contributed by atoms with van der Waals surface area (Å²) in [6, 6.07) is 2.47. The molecule has 2 atom stereocenters. The van der Waals surface area contributed by atoms with Crippen LogP contribution in [-0.2, 0) is 0 Å². The molecule has 2 fully saturated rings. The number of nitrogens with zero attached hydrogens (tertiary/aromatic N) is 1. The Balaban J connectivity index is 1.81. The molecule has 2 unspecified atom stereocenters. The standard InChI is InChI=1S/C13H16BrNOS/c14-12-7-10(8-17-12)13(16)15-6-2-4-9-3-1-5-11(9)15/h7-9,11H,1-6H2. The van der Waals surface area contributed by atoms with Crippen molar-refractivity contribution < 1.29 is 4.79 Å². The molecule has 1 saturated heterocycles. The summed E-state index contributed by atoms with van der Waals surface area (Å²) in [6.07, 6.45) is 6.33. The maximum atomic E-state index is 12.5. The Morgan fingerprint density at radius 1 is 1.35 bits per heavy atom. The molecular weight excluding hydrogens is 298 g/mol. The zero-order chi connectivity index (χ0) is 11.8. The van der Waals surface area contributed by atoms with Crippen LogP contribution in [0.4, 0.5) is 0 Å². The van der Waals surface area contributed by atoms with Gasteiger partial charge in [-0.25, -0.2) is 0 Å². The molecule has 0 aromatic carbocycles. The first-order chi connectivity index (χ1) is 8.25. The summed E-state index contributed by atoms with van der Waals surface area (Å²) in [6.45, 7) is 0.952. The Kier molecular flexibility index (Phi) is 3.26. The van der Waals surface area contributed by atoms with E-state index in [0.29, 0.717) is 6.04 Å². The number of hydrogen-bond acceptors (Lipinski definition) is 2. The third kappa shape index (κ3) is 2.17. The van der Waals surface area contributed by atoms with Gasteiger partial charge in [-0.2, -0.15) is 0 Å². The number of hydrogen-bond donors (Lipinski definition) is 0. The smallest absolute Gasteiger partial charge is 0.254 e. The van der Waals surface area contributed by atoms with Crippen LogP contribution in [0.15, 0.2) is 15.2 Å². The number of fused-ring (bicyclic) bond motifs is 1. The van der Waals surface area contributed by atoms with Gasteiger partial charge in [-0.15, -0.1) is 11.3 Å². The van der Waals surface area contributed by atoms with Crippen molar-refractivity contribution in [2.24, 2.45) is 5.92 Å². The second-order valence-corrected chi connectivity index (χ2v) is 7.33. The van der Waals surface area contributed by atoms with E-state index in [1.165, 1.54) is 32.1 Å². The van der Waals surface area contributed by atoms with Gasteiger partial charge in [0.15, 0.2) is 0 Å². The minimum Gasteiger partial charge on any atom is -0.335 e. The van der Waals surface area contributed by atoms with Gasteiger partial charge < -0.3 is 4.90 Å². The molecule has 1 saturated carbocycles. The van der Waals surface area contributed by atoms with Crippen molar-refractivity contribution in [1.82, 2.24) is 4.90 Å². The lowest BCUT2D eigenvalue weighted by atomic mass is 9.91. The van der Waals surface area contributed by atoms with Crippen LogP contribution in [0.2, 0.25) is 0 Å². The van der Waals surface area contributed by atoms with Gasteiger partial charge in [0.1, 0.15) is 0 Å². The van der Waals surface area contributed by atoms with Crippen LogP contribution in [0.3, 0.4) is 0 Å². The second kappa shape index (κ2) is 4.73. The highest BCUT2D eigenvalue weighted by Crippen LogP contribution is 2.37. The molecule has 0 radical (unpaired) electrons. The summed E-state index contributed by atoms with van der Waals surface area (Å²) in [5, 5.41) is 1.96. The molecule has 4 heteroatoms. The third-order valence-electron chi connectivity index (χ3n) is 4.07. The first-order valence-electron chi connectivity index (χ1n) is 6.31. The van der Waals surface area contributed by atoms with E-state index in [1.807, 2.05) is 11.4 Å². The van der Waals surface area contributed by atoms with Gasteiger partial charge >= 0.3 is 0 Å². The predicted octanol–water partition coefficient (Wildman–Crippen LogP) is 3.92. The highest BCUT2D eigenvalue weighted by atomic mass is 79.9. The Morgan fingerprint density at radius 3 is 2.94 bits per heavy atom. The van der Waals surface area contributed by atoms with E-state index < -0.39 is 0 Å². The highest BCUT2D eigenvalue weighted by Gasteiger charge is 2.37. The van der Waals surface area contributed by atoms with Crippen LogP contribution >= 0.6 is 27.3 Å². The molecule has 2 aliphatic rings. The Labute approximate surface area is 114 Å². The van der Waals surface area contributed by atoms with Crippen molar-refractivity contribution in [2.75, 3.05) is 6.54 Å². The zero-order valence-corrected chi connectivity index (χ0v) is 12.1. The van der Waals surface area contributed by atoms with Crippen LogP contribution in [0.1, 0.15) is 42.5 Å². The van der Waals surface area contributed by atoms with Crippen molar-refractivity contribution in [3.63, 3.8) is 0 Å². The topological polar surface area (TPSA) is 20.3 Å². The largest absolute Gasteiger partial charge is 0.335 e. The summed E-state index contributed by atoms with van der Waals surface area (Å²) < 4.78 is 1.04. The van der Waals surface area contributed by atoms with E-state index >= 15 is 0 Å². The molecule has 0 bridgehead atoms. The maximum Gasteiger partial charge on any atom is 0.254 e. The molecule has 2 heterocycles. The van der Waals surface area contributed by atoms with Crippen LogP contribution < -0.4 is 0 Å². The van der Waals surface area contributed by atoms with Gasteiger partial charge in [-0.1, -0.05) is 6.42 Å². The van der Waals surface area contributed by atoms with E-state index in [4.69, 9.17) is 0 Å². The molecule has 17 heavy (non-hydrogen) atoms. The quantitative estimate of drug-likeness (QED) is 0.769. The Morgan fingerprint density at radius 2 is 2.18 bits per heavy atom. The number of carbonyl (C=O) groups is 1. The van der Waals surface area contributed by atoms with Crippen LogP contribution in [0, 0.1) is 5.92 Å². The van der Waals surface area contributed by atoms with Crippen LogP contribution in [0.25, 0.3) is 0 Å². The molecule has 1 aliphatic carbocycles. The molecule has 3 rings (SSSR count). The van der Waals surface area contributed by atoms with Crippen molar-refractivity contribution in [3.05, 3.63) is 20.8 Å². The SMILES string of the molecule is O=C(c1csc(Br)c1)N1CCCC2CCCC21. The van der Waals surface area contributed by atoms with Gasteiger partial charge in [-0.3, -0.25) is 4.79 Å². The summed E-state index contributed by atoms with van der Waals surface area (Å²) in [4.78, 5) is 14.6. The monoisotopic (exact) mass is 313 g/mol. The summed E-state index contributed by atoms with van der Waals surface area (Å²) >= 11 is 5.02. The molecule has 92 valence electrons. The normalized spacial score (nSPS) is 28.2. The fraction of sp³-hybridized carbons (Fsp3) is 0.615. The molecule has 2 nitrogen and oxygen atoms in total. The number of thiophene rings is 1. The van der Waals surface area contributed by atoms with Crippen LogP contribution in [0.5, 0.6) is 0 Å². The van der Waals surface area contributed by atoms with E-state index in [1.54, 1.807) is 11.3 Å². The number of halogens is 1. The van der Waals surface area contributed by atoms with Crippen molar-refractivity contribution in [3.8, 4) is 0 Å². The van der Waals surface area contributed by atoms with Gasteiger partial charge in [-0.05, 0) is 53.6 Å².